The zero-order valence-electron chi connectivity index (χ0n) is 9.14. The van der Waals surface area contributed by atoms with Crippen molar-refractivity contribution in [1.82, 2.24) is 5.43 Å². The van der Waals surface area contributed by atoms with E-state index in [0.29, 0.717) is 12.2 Å². The lowest BCUT2D eigenvalue weighted by Crippen LogP contribution is -2.34. The van der Waals surface area contributed by atoms with E-state index in [9.17, 15) is 8.42 Å². The maximum atomic E-state index is 11.4. The molecule has 0 aromatic carbocycles. The highest BCUT2D eigenvalue weighted by molar-refractivity contribution is 7.91. The number of thiophene rings is 1. The van der Waals surface area contributed by atoms with Crippen LogP contribution in [0.3, 0.4) is 0 Å². The number of hydrogen-bond acceptors (Lipinski definition) is 5. The second kappa shape index (κ2) is 4.44. The molecule has 1 fully saturated rings. The molecule has 1 aliphatic heterocycles. The van der Waals surface area contributed by atoms with Crippen LogP contribution in [0.2, 0.25) is 0 Å². The van der Waals surface area contributed by atoms with Crippen LogP contribution in [0.15, 0.2) is 11.4 Å². The summed E-state index contributed by atoms with van der Waals surface area (Å²) < 4.78 is 22.9. The zero-order valence-corrected chi connectivity index (χ0v) is 10.8. The summed E-state index contributed by atoms with van der Waals surface area (Å²) in [6.45, 7) is 2.04. The maximum Gasteiger partial charge on any atom is 0.150 e. The molecule has 2 unspecified atom stereocenters. The van der Waals surface area contributed by atoms with E-state index in [-0.39, 0.29) is 17.7 Å². The number of hydrogen-bond donors (Lipinski definition) is 2. The van der Waals surface area contributed by atoms with Crippen LogP contribution in [-0.2, 0) is 9.84 Å². The van der Waals surface area contributed by atoms with Gasteiger partial charge in [-0.05, 0) is 36.3 Å². The smallest absolute Gasteiger partial charge is 0.150 e. The number of hydrazine groups is 1. The Labute approximate surface area is 99.7 Å². The fraction of sp³-hybridized carbons (Fsp3) is 0.600. The number of sulfone groups is 1. The molecular formula is C10H16N2O2S2. The third-order valence-electron chi connectivity index (χ3n) is 3.15. The Kier molecular flexibility index (Phi) is 3.34. The van der Waals surface area contributed by atoms with E-state index in [1.165, 1.54) is 4.88 Å². The largest absolute Gasteiger partial charge is 0.271 e. The zero-order chi connectivity index (χ0) is 11.8. The van der Waals surface area contributed by atoms with Gasteiger partial charge in [-0.3, -0.25) is 11.3 Å². The van der Waals surface area contributed by atoms with Gasteiger partial charge < -0.3 is 0 Å². The van der Waals surface area contributed by atoms with Crippen molar-refractivity contribution in [2.24, 2.45) is 11.8 Å². The Morgan fingerprint density at radius 2 is 2.38 bits per heavy atom. The lowest BCUT2D eigenvalue weighted by atomic mass is 9.93. The normalized spacial score (nSPS) is 25.8. The molecule has 0 radical (unpaired) electrons. The van der Waals surface area contributed by atoms with Gasteiger partial charge in [-0.25, -0.2) is 8.42 Å². The van der Waals surface area contributed by atoms with E-state index in [4.69, 9.17) is 5.84 Å². The minimum Gasteiger partial charge on any atom is -0.271 e. The van der Waals surface area contributed by atoms with Gasteiger partial charge in [-0.1, -0.05) is 0 Å². The average Bonchev–Trinajstić information content (AvgIpc) is 2.76. The third kappa shape index (κ3) is 2.29. The van der Waals surface area contributed by atoms with Crippen LogP contribution in [0.1, 0.15) is 22.9 Å². The summed E-state index contributed by atoms with van der Waals surface area (Å²) in [7, 11) is -2.85. The molecule has 90 valence electrons. The van der Waals surface area contributed by atoms with Crippen LogP contribution in [-0.4, -0.2) is 19.9 Å². The Morgan fingerprint density at radius 3 is 2.81 bits per heavy atom. The van der Waals surface area contributed by atoms with Crippen molar-refractivity contribution in [2.45, 2.75) is 19.4 Å². The second-order valence-corrected chi connectivity index (χ2v) is 7.59. The Hall–Kier alpha value is -0.430. The summed E-state index contributed by atoms with van der Waals surface area (Å²) in [5, 5.41) is 2.01. The standard InChI is InChI=1S/C10H16N2O2S2/c1-7-9(2-4-15-7)10(12-11)8-3-5-16(13,14)6-8/h2,4,8,10,12H,3,5-6,11H2,1H3. The van der Waals surface area contributed by atoms with Gasteiger partial charge in [0.2, 0.25) is 0 Å². The summed E-state index contributed by atoms with van der Waals surface area (Å²) in [5.74, 6) is 6.20. The Balaban J connectivity index is 2.22. The van der Waals surface area contributed by atoms with Crippen molar-refractivity contribution in [3.05, 3.63) is 21.9 Å². The summed E-state index contributed by atoms with van der Waals surface area (Å²) in [5.41, 5.74) is 3.90. The van der Waals surface area contributed by atoms with Gasteiger partial charge in [0.15, 0.2) is 9.84 Å². The van der Waals surface area contributed by atoms with E-state index in [1.54, 1.807) is 11.3 Å². The monoisotopic (exact) mass is 260 g/mol. The summed E-state index contributed by atoms with van der Waals surface area (Å²) >= 11 is 1.66. The molecule has 1 aliphatic rings. The quantitative estimate of drug-likeness (QED) is 0.628. The SMILES string of the molecule is Cc1sccc1C(NN)C1CCS(=O)(=O)C1. The van der Waals surface area contributed by atoms with Crippen molar-refractivity contribution in [2.75, 3.05) is 11.5 Å². The Bertz CT molecular complexity index is 467. The molecular weight excluding hydrogens is 244 g/mol. The predicted octanol–water partition coefficient (Wildman–Crippen LogP) is 0.996. The van der Waals surface area contributed by atoms with Crippen LogP contribution >= 0.6 is 11.3 Å². The maximum absolute atomic E-state index is 11.4. The summed E-state index contributed by atoms with van der Waals surface area (Å²) in [6.07, 6.45) is 0.701. The molecule has 2 atom stereocenters. The molecule has 2 rings (SSSR count). The van der Waals surface area contributed by atoms with Gasteiger partial charge in [-0.15, -0.1) is 11.3 Å². The molecule has 3 N–H and O–H groups in total. The van der Waals surface area contributed by atoms with E-state index in [0.717, 1.165) is 5.56 Å². The van der Waals surface area contributed by atoms with Crippen molar-refractivity contribution in [3.63, 3.8) is 0 Å². The lowest BCUT2D eigenvalue weighted by molar-refractivity contribution is 0.399. The van der Waals surface area contributed by atoms with Gasteiger partial charge in [0.25, 0.3) is 0 Å². The van der Waals surface area contributed by atoms with Crippen LogP contribution < -0.4 is 11.3 Å². The molecule has 0 spiro atoms. The van der Waals surface area contributed by atoms with Crippen LogP contribution in [0.25, 0.3) is 0 Å². The van der Waals surface area contributed by atoms with E-state index < -0.39 is 9.84 Å². The molecule has 4 nitrogen and oxygen atoms in total. The van der Waals surface area contributed by atoms with Crippen molar-refractivity contribution in [3.8, 4) is 0 Å². The number of aryl methyl sites for hydroxylation is 1. The van der Waals surface area contributed by atoms with Crippen molar-refractivity contribution in [1.29, 1.82) is 0 Å². The molecule has 0 aliphatic carbocycles. The molecule has 16 heavy (non-hydrogen) atoms. The molecule has 2 heterocycles. The fourth-order valence-electron chi connectivity index (χ4n) is 2.28. The highest BCUT2D eigenvalue weighted by Gasteiger charge is 2.34. The first-order valence-corrected chi connectivity index (χ1v) is 7.94. The molecule has 1 aromatic rings. The Morgan fingerprint density at radius 1 is 1.62 bits per heavy atom. The van der Waals surface area contributed by atoms with Crippen LogP contribution in [0, 0.1) is 12.8 Å². The lowest BCUT2D eigenvalue weighted by Gasteiger charge is -2.21. The highest BCUT2D eigenvalue weighted by atomic mass is 32.2. The van der Waals surface area contributed by atoms with Gasteiger partial charge in [0, 0.05) is 4.88 Å². The molecule has 6 heteroatoms. The van der Waals surface area contributed by atoms with Gasteiger partial charge in [-0.2, -0.15) is 0 Å². The number of nitrogens with one attached hydrogen (secondary N) is 1. The van der Waals surface area contributed by atoms with E-state index in [1.807, 2.05) is 18.4 Å². The molecule has 0 bridgehead atoms. The second-order valence-electron chi connectivity index (χ2n) is 4.24. The first-order valence-electron chi connectivity index (χ1n) is 5.24. The van der Waals surface area contributed by atoms with Crippen LogP contribution in [0.4, 0.5) is 0 Å². The topological polar surface area (TPSA) is 72.2 Å². The average molecular weight is 260 g/mol. The predicted molar refractivity (Wildman–Crippen MR) is 65.9 cm³/mol. The number of rotatable bonds is 3. The van der Waals surface area contributed by atoms with E-state index >= 15 is 0 Å². The summed E-state index contributed by atoms with van der Waals surface area (Å²) in [4.78, 5) is 1.20. The molecule has 1 aromatic heterocycles. The van der Waals surface area contributed by atoms with E-state index in [2.05, 4.69) is 5.43 Å². The minimum atomic E-state index is -2.85. The third-order valence-corrected chi connectivity index (χ3v) is 5.81. The first-order chi connectivity index (χ1) is 7.53. The highest BCUT2D eigenvalue weighted by Crippen LogP contribution is 2.33. The molecule has 1 saturated heterocycles. The van der Waals surface area contributed by atoms with Gasteiger partial charge in [0.05, 0.1) is 17.5 Å². The van der Waals surface area contributed by atoms with Gasteiger partial charge >= 0.3 is 0 Å². The first kappa shape index (κ1) is 12.0. The fourth-order valence-corrected chi connectivity index (χ4v) is 4.87. The van der Waals surface area contributed by atoms with Crippen molar-refractivity contribution < 1.29 is 8.42 Å². The van der Waals surface area contributed by atoms with Crippen LogP contribution in [0.5, 0.6) is 0 Å². The minimum absolute atomic E-state index is 0.0384. The van der Waals surface area contributed by atoms with Gasteiger partial charge in [0.1, 0.15) is 0 Å². The number of nitrogens with two attached hydrogens (primary N) is 1. The summed E-state index contributed by atoms with van der Waals surface area (Å²) in [6, 6.07) is 1.98. The molecule has 0 saturated carbocycles. The molecule has 0 amide bonds. The van der Waals surface area contributed by atoms with Crippen molar-refractivity contribution >= 4 is 21.2 Å².